The van der Waals surface area contributed by atoms with Crippen molar-refractivity contribution in [1.29, 1.82) is 0 Å². The maximum absolute atomic E-state index is 12.9. The van der Waals surface area contributed by atoms with Crippen molar-refractivity contribution in [3.8, 4) is 5.75 Å². The van der Waals surface area contributed by atoms with Gasteiger partial charge in [0, 0.05) is 19.3 Å². The smallest absolute Gasteiger partial charge is 0.239 e. The Labute approximate surface area is 175 Å². The van der Waals surface area contributed by atoms with Crippen molar-refractivity contribution in [3.63, 3.8) is 0 Å². The average molecular weight is 404 g/mol. The average Bonchev–Trinajstić information content (AvgIpc) is 3.42. The van der Waals surface area contributed by atoms with Gasteiger partial charge in [-0.3, -0.25) is 9.59 Å². The van der Waals surface area contributed by atoms with Crippen LogP contribution in [0.4, 0.5) is 5.69 Å². The lowest BCUT2D eigenvalue weighted by Crippen LogP contribution is -2.37. The summed E-state index contributed by atoms with van der Waals surface area (Å²) in [4.78, 5) is 28.8. The van der Waals surface area contributed by atoms with E-state index in [2.05, 4.69) is 0 Å². The number of carbonyl (C=O) groups is 2. The first-order valence-corrected chi connectivity index (χ1v) is 9.97. The number of furan rings is 1. The van der Waals surface area contributed by atoms with Crippen LogP contribution in [-0.2, 0) is 22.7 Å². The second-order valence-electron chi connectivity index (χ2n) is 7.37. The fourth-order valence-electron chi connectivity index (χ4n) is 3.61. The molecule has 1 aliphatic heterocycles. The van der Waals surface area contributed by atoms with E-state index >= 15 is 0 Å². The molecule has 154 valence electrons. The molecule has 3 aromatic rings. The van der Waals surface area contributed by atoms with Crippen molar-refractivity contribution < 1.29 is 18.7 Å². The van der Waals surface area contributed by atoms with E-state index in [1.54, 1.807) is 29.2 Å². The number of benzene rings is 2. The highest BCUT2D eigenvalue weighted by Crippen LogP contribution is 2.28. The number of nitrogens with zero attached hydrogens (tertiary/aromatic N) is 2. The molecule has 6 heteroatoms. The van der Waals surface area contributed by atoms with E-state index in [1.165, 1.54) is 0 Å². The lowest BCUT2D eigenvalue weighted by Gasteiger charge is -2.20. The monoisotopic (exact) mass is 404 g/mol. The highest BCUT2D eigenvalue weighted by Gasteiger charge is 2.39. The number of hydrogen-bond acceptors (Lipinski definition) is 4. The molecule has 2 aromatic carbocycles. The second-order valence-corrected chi connectivity index (χ2v) is 7.37. The van der Waals surface area contributed by atoms with E-state index in [0.717, 1.165) is 17.0 Å². The molecule has 1 saturated heterocycles. The molecule has 4 rings (SSSR count). The summed E-state index contributed by atoms with van der Waals surface area (Å²) in [6.45, 7) is 1.36. The largest absolute Gasteiger partial charge is 0.489 e. The first-order chi connectivity index (χ1) is 14.6. The molecule has 0 N–H and O–H groups in total. The molecule has 1 atom stereocenters. The first-order valence-electron chi connectivity index (χ1n) is 9.97. The van der Waals surface area contributed by atoms with Crippen LogP contribution in [0.25, 0.3) is 0 Å². The highest BCUT2D eigenvalue weighted by molar-refractivity contribution is 6.09. The van der Waals surface area contributed by atoms with Crippen molar-refractivity contribution in [3.05, 3.63) is 84.3 Å². The zero-order valence-corrected chi connectivity index (χ0v) is 16.9. The maximum atomic E-state index is 12.9. The predicted octanol–water partition coefficient (Wildman–Crippen LogP) is 3.87. The van der Waals surface area contributed by atoms with Crippen LogP contribution in [-0.4, -0.2) is 30.3 Å². The van der Waals surface area contributed by atoms with Crippen molar-refractivity contribution in [1.82, 2.24) is 4.90 Å². The third-order valence-electron chi connectivity index (χ3n) is 5.25. The third kappa shape index (κ3) is 4.38. The molecule has 0 bridgehead atoms. The lowest BCUT2D eigenvalue weighted by atomic mass is 10.1. The summed E-state index contributed by atoms with van der Waals surface area (Å²) in [6.07, 6.45) is 2.08. The zero-order chi connectivity index (χ0) is 20.9. The summed E-state index contributed by atoms with van der Waals surface area (Å²) in [5.74, 6) is 0.434. The van der Waals surface area contributed by atoms with E-state index in [-0.39, 0.29) is 11.8 Å². The van der Waals surface area contributed by atoms with Crippen LogP contribution < -0.4 is 9.64 Å². The quantitative estimate of drug-likeness (QED) is 0.561. The lowest BCUT2D eigenvalue weighted by molar-refractivity contribution is -0.139. The fraction of sp³-hybridized carbons (Fsp3) is 0.250. The van der Waals surface area contributed by atoms with Crippen LogP contribution in [0.2, 0.25) is 0 Å². The van der Waals surface area contributed by atoms with Gasteiger partial charge in [0.1, 0.15) is 24.0 Å². The van der Waals surface area contributed by atoms with Gasteiger partial charge in [0.25, 0.3) is 0 Å². The summed E-state index contributed by atoms with van der Waals surface area (Å²) < 4.78 is 11.1. The van der Waals surface area contributed by atoms with E-state index in [1.807, 2.05) is 60.7 Å². The van der Waals surface area contributed by atoms with Gasteiger partial charge in [-0.15, -0.1) is 0 Å². The normalized spacial score (nSPS) is 16.0. The van der Waals surface area contributed by atoms with E-state index in [9.17, 15) is 9.59 Å². The Hall–Kier alpha value is -3.54. The Morgan fingerprint density at radius 2 is 1.87 bits per heavy atom. The number of ether oxygens (including phenoxy) is 1. The minimum atomic E-state index is -0.654. The van der Waals surface area contributed by atoms with E-state index < -0.39 is 5.92 Å². The fourth-order valence-corrected chi connectivity index (χ4v) is 3.61. The van der Waals surface area contributed by atoms with Gasteiger partial charge in [-0.25, -0.2) is 0 Å². The summed E-state index contributed by atoms with van der Waals surface area (Å²) in [7, 11) is 1.69. The van der Waals surface area contributed by atoms with Crippen molar-refractivity contribution in [2.24, 2.45) is 5.92 Å². The number of hydrogen-bond donors (Lipinski definition) is 0. The van der Waals surface area contributed by atoms with Crippen molar-refractivity contribution in [2.45, 2.75) is 19.6 Å². The van der Waals surface area contributed by atoms with Gasteiger partial charge in [-0.2, -0.15) is 0 Å². The van der Waals surface area contributed by atoms with Gasteiger partial charge in [-0.1, -0.05) is 30.3 Å². The number of amides is 2. The second kappa shape index (κ2) is 8.86. The third-order valence-corrected chi connectivity index (χ3v) is 5.25. The molecular weight excluding hydrogens is 380 g/mol. The maximum Gasteiger partial charge on any atom is 0.239 e. The molecule has 30 heavy (non-hydrogen) atoms. The van der Waals surface area contributed by atoms with Crippen LogP contribution in [0, 0.1) is 5.92 Å². The van der Waals surface area contributed by atoms with Gasteiger partial charge >= 0.3 is 0 Å². The summed E-state index contributed by atoms with van der Waals surface area (Å²) in [5.41, 5.74) is 1.87. The highest BCUT2D eigenvalue weighted by atomic mass is 16.5. The Morgan fingerprint density at radius 3 is 2.57 bits per heavy atom. The summed E-state index contributed by atoms with van der Waals surface area (Å²) >= 11 is 0. The number of anilines is 1. The molecule has 1 fully saturated rings. The van der Waals surface area contributed by atoms with Gasteiger partial charge in [0.15, 0.2) is 0 Å². The molecule has 2 amide bonds. The van der Waals surface area contributed by atoms with Gasteiger partial charge in [-0.05, 0) is 48.4 Å². The molecule has 0 radical (unpaired) electrons. The van der Waals surface area contributed by atoms with Crippen LogP contribution in [0.3, 0.4) is 0 Å². The molecule has 1 aromatic heterocycles. The Bertz CT molecular complexity index is 984. The van der Waals surface area contributed by atoms with Gasteiger partial charge in [0.2, 0.25) is 11.8 Å². The standard InChI is InChI=1S/C24H24N2O4/c1-25(16-21-8-5-15-29-21)23(27)22-13-14-26(24(22)28)19-9-11-20(12-10-19)30-17-18-6-3-2-4-7-18/h2-12,15,22H,13-14,16-17H2,1H3/t22-/m0/s1. The molecule has 2 heterocycles. The topological polar surface area (TPSA) is 63.0 Å². The molecular formula is C24H24N2O4. The van der Waals surface area contributed by atoms with E-state index in [4.69, 9.17) is 9.15 Å². The van der Waals surface area contributed by atoms with Crippen molar-refractivity contribution >= 4 is 17.5 Å². The van der Waals surface area contributed by atoms with Crippen molar-refractivity contribution in [2.75, 3.05) is 18.5 Å². The van der Waals surface area contributed by atoms with Gasteiger partial charge in [0.05, 0.1) is 12.8 Å². The SMILES string of the molecule is CN(Cc1ccco1)C(=O)[C@@H]1CCN(c2ccc(OCc3ccccc3)cc2)C1=O. The molecule has 0 unspecified atom stereocenters. The minimum absolute atomic E-state index is 0.163. The molecule has 0 aliphatic carbocycles. The van der Waals surface area contributed by atoms with E-state index in [0.29, 0.717) is 31.9 Å². The Morgan fingerprint density at radius 1 is 1.10 bits per heavy atom. The van der Waals surface area contributed by atoms with Gasteiger partial charge < -0.3 is 19.0 Å². The molecule has 6 nitrogen and oxygen atoms in total. The minimum Gasteiger partial charge on any atom is -0.489 e. The molecule has 1 aliphatic rings. The zero-order valence-electron chi connectivity index (χ0n) is 16.9. The van der Waals surface area contributed by atoms with Crippen LogP contribution in [0.1, 0.15) is 17.7 Å². The first kappa shape index (κ1) is 19.8. The molecule has 0 saturated carbocycles. The summed E-state index contributed by atoms with van der Waals surface area (Å²) in [5, 5.41) is 0. The van der Waals surface area contributed by atoms with Crippen LogP contribution in [0.15, 0.2) is 77.4 Å². The number of rotatable bonds is 7. The Balaban J connectivity index is 1.35. The Kier molecular flexibility index (Phi) is 5.84. The predicted molar refractivity (Wildman–Crippen MR) is 113 cm³/mol. The van der Waals surface area contributed by atoms with Crippen LogP contribution >= 0.6 is 0 Å². The molecule has 0 spiro atoms. The van der Waals surface area contributed by atoms with Crippen LogP contribution in [0.5, 0.6) is 5.75 Å². The number of carbonyl (C=O) groups excluding carboxylic acids is 2. The summed E-state index contributed by atoms with van der Waals surface area (Å²) in [6, 6.07) is 21.0.